The van der Waals surface area contributed by atoms with Crippen molar-refractivity contribution in [3.63, 3.8) is 0 Å². The van der Waals surface area contributed by atoms with E-state index in [1.807, 2.05) is 0 Å². The number of aliphatic imine (C=N–C) groups is 2. The average Bonchev–Trinajstić information content (AvgIpc) is 2.85. The lowest BCUT2D eigenvalue weighted by Gasteiger charge is -2.42. The van der Waals surface area contributed by atoms with E-state index in [1.165, 1.54) is 28.4 Å². The molecular formula is C22H40N2O10. The van der Waals surface area contributed by atoms with E-state index in [0.717, 1.165) is 6.42 Å². The van der Waals surface area contributed by atoms with Crippen LogP contribution in [-0.4, -0.2) is 136 Å². The molecule has 12 nitrogen and oxygen atoms in total. The number of hydrogen-bond acceptors (Lipinski definition) is 12. The molecular weight excluding hydrogens is 452 g/mol. The fourth-order valence-electron chi connectivity index (χ4n) is 4.31. The van der Waals surface area contributed by atoms with E-state index >= 15 is 0 Å². The summed E-state index contributed by atoms with van der Waals surface area (Å²) >= 11 is 0. The maximum absolute atomic E-state index is 10.7. The molecule has 10 atom stereocenters. The van der Waals surface area contributed by atoms with Gasteiger partial charge in [0.1, 0.15) is 30.4 Å². The molecule has 4 N–H and O–H groups in total. The van der Waals surface area contributed by atoms with Gasteiger partial charge in [-0.2, -0.15) is 0 Å². The third kappa shape index (κ3) is 7.23. The van der Waals surface area contributed by atoms with Gasteiger partial charge in [0, 0.05) is 34.4 Å². The van der Waals surface area contributed by atoms with Crippen LogP contribution in [0.5, 0.6) is 0 Å². The molecule has 0 radical (unpaired) electrons. The van der Waals surface area contributed by atoms with Crippen LogP contribution in [0.15, 0.2) is 9.98 Å². The lowest BCUT2D eigenvalue weighted by Crippen LogP contribution is -2.59. The van der Waals surface area contributed by atoms with Gasteiger partial charge in [0.05, 0.1) is 32.0 Å². The first-order valence-corrected chi connectivity index (χ1v) is 11.5. The summed E-state index contributed by atoms with van der Waals surface area (Å²) in [6.07, 6.45) is -0.0711. The van der Waals surface area contributed by atoms with E-state index in [4.69, 9.17) is 28.4 Å². The molecule has 2 fully saturated rings. The lowest BCUT2D eigenvalue weighted by atomic mass is 9.88. The molecule has 0 amide bonds. The summed E-state index contributed by atoms with van der Waals surface area (Å²) in [5.74, 6) is -0.421. The molecule has 2 aliphatic rings. The number of ether oxygens (including phenoxy) is 6. The van der Waals surface area contributed by atoms with Crippen LogP contribution in [0.4, 0.5) is 0 Å². The van der Waals surface area contributed by atoms with E-state index in [9.17, 15) is 20.4 Å². The molecule has 0 saturated carbocycles. The zero-order chi connectivity index (χ0) is 25.1. The van der Waals surface area contributed by atoms with Crippen molar-refractivity contribution in [1.82, 2.24) is 0 Å². The molecule has 0 aliphatic carbocycles. The summed E-state index contributed by atoms with van der Waals surface area (Å²) in [6.45, 7) is -0.326. The molecule has 198 valence electrons. The molecule has 2 aliphatic heterocycles. The van der Waals surface area contributed by atoms with Crippen molar-refractivity contribution in [2.24, 2.45) is 15.9 Å². The third-order valence-corrected chi connectivity index (χ3v) is 6.17. The Morgan fingerprint density at radius 2 is 1.29 bits per heavy atom. The van der Waals surface area contributed by atoms with Crippen LogP contribution in [0, 0.1) is 5.92 Å². The van der Waals surface area contributed by atoms with Crippen molar-refractivity contribution in [2.45, 2.75) is 74.4 Å². The van der Waals surface area contributed by atoms with Crippen LogP contribution in [-0.2, 0) is 28.4 Å². The highest BCUT2D eigenvalue weighted by Crippen LogP contribution is 2.29. The Kier molecular flexibility index (Phi) is 13.0. The van der Waals surface area contributed by atoms with Crippen LogP contribution in [0.2, 0.25) is 0 Å². The van der Waals surface area contributed by atoms with Crippen LogP contribution in [0.1, 0.15) is 19.3 Å². The molecule has 0 aromatic heterocycles. The Labute approximate surface area is 200 Å². The molecule has 0 bridgehead atoms. The topological polar surface area (TPSA) is 161 Å². The number of aliphatic hydroxyl groups is 4. The van der Waals surface area contributed by atoms with Crippen LogP contribution >= 0.6 is 0 Å². The minimum atomic E-state index is -0.986. The highest BCUT2D eigenvalue weighted by Gasteiger charge is 2.46. The van der Waals surface area contributed by atoms with E-state index < -0.39 is 61.1 Å². The number of unbranched alkanes of at least 4 members (excludes halogenated alkanes) is 2. The molecule has 2 saturated heterocycles. The van der Waals surface area contributed by atoms with Crippen LogP contribution in [0.25, 0.3) is 0 Å². The molecule has 0 aromatic carbocycles. The van der Waals surface area contributed by atoms with Gasteiger partial charge in [0.25, 0.3) is 0 Å². The molecule has 2 rings (SSSR count). The second kappa shape index (κ2) is 15.1. The van der Waals surface area contributed by atoms with Crippen molar-refractivity contribution in [2.75, 3.05) is 48.3 Å². The lowest BCUT2D eigenvalue weighted by molar-refractivity contribution is -0.262. The first-order chi connectivity index (χ1) is 16.5. The maximum atomic E-state index is 10.7. The van der Waals surface area contributed by atoms with Crippen molar-refractivity contribution < 1.29 is 48.8 Å². The first-order valence-electron chi connectivity index (χ1n) is 11.5. The number of nitrogens with zero attached hydrogens (tertiary/aromatic N) is 2. The molecule has 12 heteroatoms. The summed E-state index contributed by atoms with van der Waals surface area (Å²) in [5.41, 5.74) is 0. The minimum absolute atomic E-state index is 0.230. The molecule has 0 aromatic rings. The Morgan fingerprint density at radius 1 is 0.765 bits per heavy atom. The number of aliphatic hydroxyl groups excluding tert-OH is 4. The third-order valence-electron chi connectivity index (χ3n) is 6.17. The monoisotopic (exact) mass is 492 g/mol. The standard InChI is InChI=1S/C22H40N2O10/c1-29-12-13-14(10-25)33-21(31-3)16(18(13)27)23-8-6-5-7-9-24-17-19(28)20(30-2)15(11-26)34-22(17)32-4/h8-9,13-22,25-28H,5-7,10-12H2,1-4H3/b23-8+,24-9+. The quantitative estimate of drug-likeness (QED) is 0.181. The normalized spacial score (nSPS) is 39.3. The first kappa shape index (κ1) is 29.2. The Bertz CT molecular complexity index is 624. The van der Waals surface area contributed by atoms with Gasteiger partial charge in [0.15, 0.2) is 12.6 Å². The van der Waals surface area contributed by atoms with Crippen LogP contribution in [0.3, 0.4) is 0 Å². The predicted molar refractivity (Wildman–Crippen MR) is 122 cm³/mol. The van der Waals surface area contributed by atoms with Crippen molar-refractivity contribution >= 4 is 12.4 Å². The summed E-state index contributed by atoms with van der Waals surface area (Å²) in [7, 11) is 5.89. The summed E-state index contributed by atoms with van der Waals surface area (Å²) in [4.78, 5) is 8.86. The van der Waals surface area contributed by atoms with Crippen LogP contribution < -0.4 is 0 Å². The highest BCUT2D eigenvalue weighted by molar-refractivity contribution is 5.61. The second-order valence-corrected chi connectivity index (χ2v) is 8.30. The Morgan fingerprint density at radius 3 is 1.76 bits per heavy atom. The van der Waals surface area contributed by atoms with Crippen molar-refractivity contribution in [3.8, 4) is 0 Å². The van der Waals surface area contributed by atoms with Gasteiger partial charge in [-0.05, 0) is 31.7 Å². The summed E-state index contributed by atoms with van der Waals surface area (Å²) < 4.78 is 32.4. The minimum Gasteiger partial charge on any atom is -0.394 e. The fourth-order valence-corrected chi connectivity index (χ4v) is 4.31. The van der Waals surface area contributed by atoms with Gasteiger partial charge in [-0.15, -0.1) is 0 Å². The van der Waals surface area contributed by atoms with E-state index in [-0.39, 0.29) is 19.8 Å². The molecule has 2 heterocycles. The Balaban J connectivity index is 1.87. The van der Waals surface area contributed by atoms with E-state index in [1.54, 1.807) is 12.4 Å². The van der Waals surface area contributed by atoms with Gasteiger partial charge in [-0.25, -0.2) is 0 Å². The second-order valence-electron chi connectivity index (χ2n) is 8.30. The summed E-state index contributed by atoms with van der Waals surface area (Å²) in [6, 6.07) is -1.32. The number of methoxy groups -OCH3 is 4. The van der Waals surface area contributed by atoms with Crippen molar-refractivity contribution in [1.29, 1.82) is 0 Å². The average molecular weight is 493 g/mol. The van der Waals surface area contributed by atoms with Gasteiger partial charge >= 0.3 is 0 Å². The SMILES string of the molecule is COCC1C(CO)OC(OC)C(/N=C/CCC/C=N/C2C(OC)OC(CO)C(OC)C2O)C1O. The van der Waals surface area contributed by atoms with Gasteiger partial charge < -0.3 is 48.8 Å². The largest absolute Gasteiger partial charge is 0.394 e. The van der Waals surface area contributed by atoms with Crippen molar-refractivity contribution in [3.05, 3.63) is 0 Å². The highest BCUT2D eigenvalue weighted by atomic mass is 16.7. The smallest absolute Gasteiger partial charge is 0.182 e. The molecule has 10 unspecified atom stereocenters. The van der Waals surface area contributed by atoms with E-state index in [0.29, 0.717) is 12.8 Å². The predicted octanol–water partition coefficient (Wildman–Crippen LogP) is -1.24. The Hall–Kier alpha value is -1.06. The number of hydrogen-bond donors (Lipinski definition) is 4. The maximum Gasteiger partial charge on any atom is 0.182 e. The molecule has 0 spiro atoms. The summed E-state index contributed by atoms with van der Waals surface area (Å²) in [5, 5.41) is 40.3. The molecule has 34 heavy (non-hydrogen) atoms. The zero-order valence-electron chi connectivity index (χ0n) is 20.3. The number of rotatable bonds is 13. The fraction of sp³-hybridized carbons (Fsp3) is 0.909. The zero-order valence-corrected chi connectivity index (χ0v) is 20.3. The van der Waals surface area contributed by atoms with Gasteiger partial charge in [0.2, 0.25) is 0 Å². The van der Waals surface area contributed by atoms with E-state index in [2.05, 4.69) is 9.98 Å². The van der Waals surface area contributed by atoms with Gasteiger partial charge in [-0.1, -0.05) is 0 Å². The van der Waals surface area contributed by atoms with Gasteiger partial charge in [-0.3, -0.25) is 9.98 Å².